The second-order valence-electron chi connectivity index (χ2n) is 7.44. The molecule has 0 saturated heterocycles. The lowest BCUT2D eigenvalue weighted by Gasteiger charge is -2.17. The Balaban J connectivity index is 1.61. The molecular weight excluding hydrogens is 386 g/mol. The van der Waals surface area contributed by atoms with E-state index in [4.69, 9.17) is 9.51 Å². The molecule has 0 aliphatic heterocycles. The van der Waals surface area contributed by atoms with E-state index in [0.29, 0.717) is 17.5 Å². The van der Waals surface area contributed by atoms with Crippen LogP contribution >= 0.6 is 0 Å². The van der Waals surface area contributed by atoms with Crippen molar-refractivity contribution in [3.8, 4) is 22.8 Å². The van der Waals surface area contributed by atoms with Crippen molar-refractivity contribution < 1.29 is 4.52 Å². The minimum atomic E-state index is -0.0468. The van der Waals surface area contributed by atoms with Gasteiger partial charge in [-0.3, -0.25) is 4.98 Å². The van der Waals surface area contributed by atoms with Crippen molar-refractivity contribution in [1.82, 2.24) is 20.1 Å². The van der Waals surface area contributed by atoms with Crippen molar-refractivity contribution in [3.05, 3.63) is 90.3 Å². The van der Waals surface area contributed by atoms with Crippen LogP contribution in [0.5, 0.6) is 0 Å². The average Bonchev–Trinajstić information content (AvgIpc) is 3.30. The van der Waals surface area contributed by atoms with Crippen LogP contribution in [0.15, 0.2) is 83.5 Å². The number of pyridine rings is 2. The van der Waals surface area contributed by atoms with Gasteiger partial charge in [-0.1, -0.05) is 47.6 Å². The Hall–Kier alpha value is -4.06. The van der Waals surface area contributed by atoms with Crippen molar-refractivity contribution in [1.29, 1.82) is 0 Å². The van der Waals surface area contributed by atoms with Gasteiger partial charge < -0.3 is 9.84 Å². The molecule has 0 spiro atoms. The molecule has 1 N–H and O–H groups in total. The highest BCUT2D eigenvalue weighted by Crippen LogP contribution is 2.32. The Labute approximate surface area is 180 Å². The number of nitrogens with zero attached hydrogens (tertiary/aromatic N) is 4. The van der Waals surface area contributed by atoms with Crippen LogP contribution < -0.4 is 5.32 Å². The Morgan fingerprint density at radius 1 is 0.903 bits per heavy atom. The summed E-state index contributed by atoms with van der Waals surface area (Å²) in [7, 11) is 0. The summed E-state index contributed by atoms with van der Waals surface area (Å²) in [5, 5.41) is 8.77. The molecule has 6 heteroatoms. The summed E-state index contributed by atoms with van der Waals surface area (Å²) in [6.07, 6.45) is 1.79. The summed E-state index contributed by atoms with van der Waals surface area (Å²) in [5.41, 5.74) is 4.64. The molecule has 5 rings (SSSR count). The van der Waals surface area contributed by atoms with Crippen molar-refractivity contribution in [2.45, 2.75) is 19.9 Å². The SMILES string of the molecule is Cc1cccc2cc(-c3noc(-c4ccccc4)n3)c(N[C@H](C)c3ccccn3)nc12. The summed E-state index contributed by atoms with van der Waals surface area (Å²) in [6, 6.07) is 23.8. The van der Waals surface area contributed by atoms with Crippen molar-refractivity contribution in [2.24, 2.45) is 0 Å². The number of hydrogen-bond acceptors (Lipinski definition) is 6. The first-order valence-electron chi connectivity index (χ1n) is 10.2. The molecule has 6 nitrogen and oxygen atoms in total. The number of rotatable bonds is 5. The number of para-hydroxylation sites is 1. The number of fused-ring (bicyclic) bond motifs is 1. The molecule has 152 valence electrons. The molecule has 0 bridgehead atoms. The fourth-order valence-corrected chi connectivity index (χ4v) is 3.57. The molecule has 0 aliphatic rings. The van der Waals surface area contributed by atoms with Gasteiger partial charge in [-0.2, -0.15) is 4.98 Å². The predicted molar refractivity (Wildman–Crippen MR) is 121 cm³/mol. The quantitative estimate of drug-likeness (QED) is 0.395. The minimum Gasteiger partial charge on any atom is -0.361 e. The third-order valence-corrected chi connectivity index (χ3v) is 5.22. The fraction of sp³-hybridized carbons (Fsp3) is 0.120. The molecule has 0 unspecified atom stereocenters. The monoisotopic (exact) mass is 407 g/mol. The molecule has 0 radical (unpaired) electrons. The van der Waals surface area contributed by atoms with E-state index < -0.39 is 0 Å². The van der Waals surface area contributed by atoms with E-state index in [9.17, 15) is 0 Å². The third kappa shape index (κ3) is 3.75. The summed E-state index contributed by atoms with van der Waals surface area (Å²) in [4.78, 5) is 14.0. The van der Waals surface area contributed by atoms with Gasteiger partial charge in [-0.15, -0.1) is 0 Å². The van der Waals surface area contributed by atoms with Crippen LogP contribution in [0.25, 0.3) is 33.7 Å². The molecule has 31 heavy (non-hydrogen) atoms. The number of aryl methyl sites for hydroxylation is 1. The zero-order valence-corrected chi connectivity index (χ0v) is 17.3. The molecule has 5 aromatic rings. The van der Waals surface area contributed by atoms with Gasteiger partial charge in [0.25, 0.3) is 5.89 Å². The Bertz CT molecular complexity index is 1330. The third-order valence-electron chi connectivity index (χ3n) is 5.22. The van der Waals surface area contributed by atoms with Crippen molar-refractivity contribution >= 4 is 16.7 Å². The van der Waals surface area contributed by atoms with Gasteiger partial charge >= 0.3 is 0 Å². The van der Waals surface area contributed by atoms with Gasteiger partial charge in [0.15, 0.2) is 0 Å². The van der Waals surface area contributed by atoms with Crippen LogP contribution in [0.2, 0.25) is 0 Å². The van der Waals surface area contributed by atoms with Crippen LogP contribution in [-0.2, 0) is 0 Å². The van der Waals surface area contributed by atoms with E-state index in [1.807, 2.05) is 60.7 Å². The second kappa shape index (κ2) is 7.99. The molecule has 0 fully saturated rings. The van der Waals surface area contributed by atoms with Crippen LogP contribution in [0, 0.1) is 6.92 Å². The average molecular weight is 407 g/mol. The molecule has 0 saturated carbocycles. The zero-order chi connectivity index (χ0) is 21.2. The van der Waals surface area contributed by atoms with E-state index in [1.54, 1.807) is 6.20 Å². The standard InChI is InChI=1S/C25H21N5O/c1-16-9-8-12-19-15-20(24-29-25(31-30-24)18-10-4-3-5-11-18)23(28-22(16)19)27-17(2)21-13-6-7-14-26-21/h3-15,17H,1-2H3,(H,27,28)/t17-/m1/s1. The van der Waals surface area contributed by atoms with Crippen molar-refractivity contribution in [3.63, 3.8) is 0 Å². The normalized spacial score (nSPS) is 12.1. The Morgan fingerprint density at radius 2 is 1.74 bits per heavy atom. The summed E-state index contributed by atoms with van der Waals surface area (Å²) < 4.78 is 5.56. The number of benzene rings is 2. The van der Waals surface area contributed by atoms with Gasteiger partial charge in [0.05, 0.1) is 22.8 Å². The van der Waals surface area contributed by atoms with Gasteiger partial charge in [-0.25, -0.2) is 4.98 Å². The van der Waals surface area contributed by atoms with Crippen LogP contribution in [-0.4, -0.2) is 20.1 Å². The lowest BCUT2D eigenvalue weighted by atomic mass is 10.1. The van der Waals surface area contributed by atoms with Crippen LogP contribution in [0.4, 0.5) is 5.82 Å². The molecular formula is C25H21N5O. The maximum absolute atomic E-state index is 5.56. The molecule has 3 heterocycles. The highest BCUT2D eigenvalue weighted by Gasteiger charge is 2.19. The van der Waals surface area contributed by atoms with E-state index in [0.717, 1.165) is 33.3 Å². The van der Waals surface area contributed by atoms with E-state index in [2.05, 4.69) is 46.4 Å². The molecule has 0 amide bonds. The first kappa shape index (κ1) is 18.9. The highest BCUT2D eigenvalue weighted by atomic mass is 16.5. The molecule has 0 aliphatic carbocycles. The Kier molecular flexibility index (Phi) is 4.88. The summed E-state index contributed by atoms with van der Waals surface area (Å²) >= 11 is 0. The largest absolute Gasteiger partial charge is 0.361 e. The van der Waals surface area contributed by atoms with E-state index in [-0.39, 0.29) is 6.04 Å². The minimum absolute atomic E-state index is 0.0468. The molecule has 2 aromatic carbocycles. The zero-order valence-electron chi connectivity index (χ0n) is 17.3. The number of aromatic nitrogens is 4. The smallest absolute Gasteiger partial charge is 0.258 e. The number of hydrogen-bond donors (Lipinski definition) is 1. The lowest BCUT2D eigenvalue weighted by Crippen LogP contribution is -2.11. The lowest BCUT2D eigenvalue weighted by molar-refractivity contribution is 0.432. The number of anilines is 1. The van der Waals surface area contributed by atoms with Gasteiger partial charge in [0, 0.05) is 17.1 Å². The topological polar surface area (TPSA) is 76.7 Å². The van der Waals surface area contributed by atoms with Crippen LogP contribution in [0.3, 0.4) is 0 Å². The predicted octanol–water partition coefficient (Wildman–Crippen LogP) is 5.83. The van der Waals surface area contributed by atoms with E-state index >= 15 is 0 Å². The molecule has 1 atom stereocenters. The Morgan fingerprint density at radius 3 is 2.55 bits per heavy atom. The fourth-order valence-electron chi connectivity index (χ4n) is 3.57. The van der Waals surface area contributed by atoms with Gasteiger partial charge in [0.2, 0.25) is 5.82 Å². The maximum atomic E-state index is 5.56. The highest BCUT2D eigenvalue weighted by molar-refractivity contribution is 5.89. The van der Waals surface area contributed by atoms with E-state index in [1.165, 1.54) is 0 Å². The first-order valence-corrected chi connectivity index (χ1v) is 10.2. The van der Waals surface area contributed by atoms with Gasteiger partial charge in [0.1, 0.15) is 5.82 Å². The second-order valence-corrected chi connectivity index (χ2v) is 7.44. The molecule has 3 aromatic heterocycles. The number of nitrogens with one attached hydrogen (secondary N) is 1. The van der Waals surface area contributed by atoms with Gasteiger partial charge in [-0.05, 0) is 49.7 Å². The first-order chi connectivity index (χ1) is 15.2. The van der Waals surface area contributed by atoms with Crippen molar-refractivity contribution in [2.75, 3.05) is 5.32 Å². The summed E-state index contributed by atoms with van der Waals surface area (Å²) in [5.74, 6) is 1.66. The maximum Gasteiger partial charge on any atom is 0.258 e. The van der Waals surface area contributed by atoms with Crippen LogP contribution in [0.1, 0.15) is 24.2 Å². The summed E-state index contributed by atoms with van der Waals surface area (Å²) in [6.45, 7) is 4.12.